The predicted molar refractivity (Wildman–Crippen MR) is 72.4 cm³/mol. The number of aliphatic hydroxyl groups is 1. The fourth-order valence-corrected chi connectivity index (χ4v) is 2.22. The van der Waals surface area contributed by atoms with Gasteiger partial charge in [-0.2, -0.15) is 15.0 Å². The number of hydrogen-bond donors (Lipinski definition) is 3. The van der Waals surface area contributed by atoms with Crippen LogP contribution in [0.3, 0.4) is 0 Å². The summed E-state index contributed by atoms with van der Waals surface area (Å²) in [6.07, 6.45) is 3.72. The van der Waals surface area contributed by atoms with Gasteiger partial charge in [0.05, 0.1) is 13.2 Å². The zero-order valence-electron chi connectivity index (χ0n) is 11.4. The van der Waals surface area contributed by atoms with Gasteiger partial charge in [0, 0.05) is 13.6 Å². The number of nitrogens with one attached hydrogen (secondary N) is 2. The van der Waals surface area contributed by atoms with Gasteiger partial charge in [0.15, 0.2) is 0 Å². The molecule has 106 valence electrons. The van der Waals surface area contributed by atoms with E-state index in [1.165, 1.54) is 7.11 Å². The lowest BCUT2D eigenvalue weighted by molar-refractivity contribution is 0.111. The first-order chi connectivity index (χ1) is 9.21. The molecule has 1 aromatic rings. The molecule has 3 N–H and O–H groups in total. The van der Waals surface area contributed by atoms with Crippen molar-refractivity contribution in [3.05, 3.63) is 0 Å². The summed E-state index contributed by atoms with van der Waals surface area (Å²) < 4.78 is 5.03. The Bertz CT molecular complexity index is 385. The highest BCUT2D eigenvalue weighted by Crippen LogP contribution is 2.24. The standard InChI is InChI=1S/C12H21N5O2/c1-13-10-15-11(17-12(16-10)19-2)14-7-8-3-5-9(18)6-4-8/h8-9,18H,3-7H2,1-2H3,(H2,13,14,15,16,17). The Morgan fingerprint density at radius 1 is 1.16 bits per heavy atom. The van der Waals surface area contributed by atoms with Crippen molar-refractivity contribution in [1.82, 2.24) is 15.0 Å². The van der Waals surface area contributed by atoms with Gasteiger partial charge < -0.3 is 20.5 Å². The number of hydrogen-bond acceptors (Lipinski definition) is 7. The SMILES string of the molecule is CNc1nc(NCC2CCC(O)CC2)nc(OC)n1. The molecule has 0 radical (unpaired) electrons. The minimum absolute atomic E-state index is 0.121. The van der Waals surface area contributed by atoms with Crippen LogP contribution in [0.25, 0.3) is 0 Å². The van der Waals surface area contributed by atoms with Gasteiger partial charge in [0.1, 0.15) is 0 Å². The molecule has 1 aliphatic rings. The lowest BCUT2D eigenvalue weighted by Gasteiger charge is -2.25. The predicted octanol–water partition coefficient (Wildman–Crippen LogP) is 0.885. The molecule has 0 unspecified atom stereocenters. The van der Waals surface area contributed by atoms with Gasteiger partial charge in [0.2, 0.25) is 11.9 Å². The van der Waals surface area contributed by atoms with Gasteiger partial charge in [-0.25, -0.2) is 0 Å². The van der Waals surface area contributed by atoms with Crippen molar-refractivity contribution in [3.63, 3.8) is 0 Å². The van der Waals surface area contributed by atoms with Crippen LogP contribution in [0.2, 0.25) is 0 Å². The second-order valence-corrected chi connectivity index (χ2v) is 4.77. The smallest absolute Gasteiger partial charge is 0.322 e. The highest BCUT2D eigenvalue weighted by atomic mass is 16.5. The van der Waals surface area contributed by atoms with Crippen molar-refractivity contribution in [3.8, 4) is 6.01 Å². The molecule has 0 atom stereocenters. The molecule has 7 heteroatoms. The molecule has 1 aromatic heterocycles. The second kappa shape index (κ2) is 6.51. The van der Waals surface area contributed by atoms with Crippen LogP contribution in [0.15, 0.2) is 0 Å². The summed E-state index contributed by atoms with van der Waals surface area (Å²) in [7, 11) is 3.28. The average Bonchev–Trinajstić information content (AvgIpc) is 2.46. The number of rotatable bonds is 5. The average molecular weight is 267 g/mol. The van der Waals surface area contributed by atoms with E-state index in [9.17, 15) is 5.11 Å². The third-order valence-corrected chi connectivity index (χ3v) is 3.39. The summed E-state index contributed by atoms with van der Waals surface area (Å²) in [6, 6.07) is 0.293. The number of methoxy groups -OCH3 is 1. The van der Waals surface area contributed by atoms with E-state index in [4.69, 9.17) is 4.74 Å². The van der Waals surface area contributed by atoms with Crippen LogP contribution in [0.5, 0.6) is 6.01 Å². The van der Waals surface area contributed by atoms with Crippen LogP contribution in [0.4, 0.5) is 11.9 Å². The van der Waals surface area contributed by atoms with Gasteiger partial charge in [-0.1, -0.05) is 0 Å². The monoisotopic (exact) mass is 267 g/mol. The summed E-state index contributed by atoms with van der Waals surface area (Å²) in [6.45, 7) is 0.809. The summed E-state index contributed by atoms with van der Waals surface area (Å²) in [5.41, 5.74) is 0. The number of ether oxygens (including phenoxy) is 1. The number of anilines is 2. The largest absolute Gasteiger partial charge is 0.467 e. The maximum atomic E-state index is 9.47. The highest BCUT2D eigenvalue weighted by molar-refractivity contribution is 5.35. The second-order valence-electron chi connectivity index (χ2n) is 4.77. The van der Waals surface area contributed by atoms with Gasteiger partial charge in [-0.15, -0.1) is 0 Å². The quantitative estimate of drug-likeness (QED) is 0.729. The molecule has 0 amide bonds. The Morgan fingerprint density at radius 2 is 1.84 bits per heavy atom. The molecule has 19 heavy (non-hydrogen) atoms. The van der Waals surface area contributed by atoms with Crippen LogP contribution in [0, 0.1) is 5.92 Å². The Kier molecular flexibility index (Phi) is 4.73. The molecule has 2 rings (SSSR count). The zero-order chi connectivity index (χ0) is 13.7. The zero-order valence-corrected chi connectivity index (χ0v) is 11.4. The normalized spacial score (nSPS) is 22.9. The van der Waals surface area contributed by atoms with Crippen LogP contribution in [0.1, 0.15) is 25.7 Å². The van der Waals surface area contributed by atoms with E-state index in [0.717, 1.165) is 32.2 Å². The Labute approximate surface area is 112 Å². The maximum absolute atomic E-state index is 9.47. The maximum Gasteiger partial charge on any atom is 0.322 e. The van der Waals surface area contributed by atoms with Crippen LogP contribution < -0.4 is 15.4 Å². The molecular formula is C12H21N5O2. The van der Waals surface area contributed by atoms with E-state index in [1.807, 2.05) is 0 Å². The van der Waals surface area contributed by atoms with E-state index >= 15 is 0 Å². The van der Waals surface area contributed by atoms with Crippen LogP contribution >= 0.6 is 0 Å². The topological polar surface area (TPSA) is 92.2 Å². The molecule has 1 aliphatic carbocycles. The molecule has 1 heterocycles. The number of aromatic nitrogens is 3. The van der Waals surface area contributed by atoms with Crippen molar-refractivity contribution >= 4 is 11.9 Å². The number of nitrogens with zero attached hydrogens (tertiary/aromatic N) is 3. The Morgan fingerprint density at radius 3 is 2.47 bits per heavy atom. The fourth-order valence-electron chi connectivity index (χ4n) is 2.22. The van der Waals surface area contributed by atoms with Crippen molar-refractivity contribution in [2.75, 3.05) is 31.3 Å². The fraction of sp³-hybridized carbons (Fsp3) is 0.750. The van der Waals surface area contributed by atoms with E-state index in [-0.39, 0.29) is 6.10 Å². The third kappa shape index (κ3) is 3.92. The Hall–Kier alpha value is -1.63. The summed E-state index contributed by atoms with van der Waals surface area (Å²) in [5, 5.41) is 15.6. The Balaban J connectivity index is 1.91. The van der Waals surface area contributed by atoms with Crippen molar-refractivity contribution in [1.29, 1.82) is 0 Å². The first-order valence-corrected chi connectivity index (χ1v) is 6.61. The highest BCUT2D eigenvalue weighted by Gasteiger charge is 2.19. The summed E-state index contributed by atoms with van der Waals surface area (Å²) in [5.74, 6) is 1.56. The van der Waals surface area contributed by atoms with Gasteiger partial charge in [-0.05, 0) is 31.6 Å². The van der Waals surface area contributed by atoms with Crippen molar-refractivity contribution in [2.24, 2.45) is 5.92 Å². The molecule has 0 bridgehead atoms. The van der Waals surface area contributed by atoms with Gasteiger partial charge >= 0.3 is 6.01 Å². The first-order valence-electron chi connectivity index (χ1n) is 6.61. The van der Waals surface area contributed by atoms with Crippen LogP contribution in [-0.2, 0) is 0 Å². The molecule has 0 spiro atoms. The lowest BCUT2D eigenvalue weighted by atomic mass is 9.87. The summed E-state index contributed by atoms with van der Waals surface area (Å²) in [4.78, 5) is 12.4. The van der Waals surface area contributed by atoms with E-state index in [1.54, 1.807) is 7.05 Å². The van der Waals surface area contributed by atoms with Crippen LogP contribution in [-0.4, -0.2) is 46.9 Å². The molecule has 7 nitrogen and oxygen atoms in total. The molecule has 1 fully saturated rings. The number of aliphatic hydroxyl groups excluding tert-OH is 1. The van der Waals surface area contributed by atoms with E-state index in [2.05, 4.69) is 25.6 Å². The van der Waals surface area contributed by atoms with Crippen molar-refractivity contribution in [2.45, 2.75) is 31.8 Å². The lowest BCUT2D eigenvalue weighted by Crippen LogP contribution is -2.24. The van der Waals surface area contributed by atoms with E-state index < -0.39 is 0 Å². The summed E-state index contributed by atoms with van der Waals surface area (Å²) >= 11 is 0. The van der Waals surface area contributed by atoms with Gasteiger partial charge in [0.25, 0.3) is 0 Å². The van der Waals surface area contributed by atoms with Crippen molar-refractivity contribution < 1.29 is 9.84 Å². The molecule has 1 saturated carbocycles. The molecule has 0 aromatic carbocycles. The molecular weight excluding hydrogens is 246 g/mol. The molecule has 0 saturated heterocycles. The van der Waals surface area contributed by atoms with E-state index in [0.29, 0.717) is 23.8 Å². The first kappa shape index (κ1) is 13.8. The third-order valence-electron chi connectivity index (χ3n) is 3.39. The minimum atomic E-state index is -0.121. The molecule has 0 aliphatic heterocycles. The minimum Gasteiger partial charge on any atom is -0.467 e. The van der Waals surface area contributed by atoms with Gasteiger partial charge in [-0.3, -0.25) is 0 Å².